The third-order valence-electron chi connectivity index (χ3n) is 4.64. The molecule has 0 unspecified atom stereocenters. The van der Waals surface area contributed by atoms with Gasteiger partial charge in [0.05, 0.1) is 5.57 Å². The maximum atomic E-state index is 12.7. The Morgan fingerprint density at radius 1 is 1.15 bits per heavy atom. The van der Waals surface area contributed by atoms with Gasteiger partial charge in [0.1, 0.15) is 0 Å². The molecule has 0 aliphatic carbocycles. The molecular formula is C20H23NO3S2. The Hall–Kier alpha value is -1.92. The van der Waals surface area contributed by atoms with Crippen LogP contribution < -0.4 is 0 Å². The second-order valence-electron chi connectivity index (χ2n) is 6.56. The molecule has 3 rings (SSSR count). The number of carbonyl (C=O) groups is 2. The van der Waals surface area contributed by atoms with Crippen LogP contribution in [0.2, 0.25) is 0 Å². The summed E-state index contributed by atoms with van der Waals surface area (Å²) in [5.74, 6) is -0.564. The van der Waals surface area contributed by atoms with E-state index in [-0.39, 0.29) is 24.6 Å². The third-order valence-corrected chi connectivity index (χ3v) is 6.37. The fourth-order valence-corrected chi connectivity index (χ4v) is 4.76. The molecule has 1 aliphatic rings. The van der Waals surface area contributed by atoms with Crippen LogP contribution in [0.5, 0.6) is 0 Å². The molecule has 4 nitrogen and oxygen atoms in total. The van der Waals surface area contributed by atoms with E-state index in [0.29, 0.717) is 5.57 Å². The van der Waals surface area contributed by atoms with E-state index in [4.69, 9.17) is 4.74 Å². The van der Waals surface area contributed by atoms with Gasteiger partial charge in [-0.05, 0) is 62.1 Å². The highest BCUT2D eigenvalue weighted by molar-refractivity contribution is 7.12. The molecule has 0 spiro atoms. The lowest BCUT2D eigenvalue weighted by Gasteiger charge is -2.38. The van der Waals surface area contributed by atoms with Gasteiger partial charge in [-0.25, -0.2) is 4.79 Å². The van der Waals surface area contributed by atoms with Crippen LogP contribution in [0.3, 0.4) is 0 Å². The molecule has 1 saturated heterocycles. The number of esters is 1. The molecule has 2 aromatic heterocycles. The van der Waals surface area contributed by atoms with Crippen LogP contribution in [-0.2, 0) is 14.3 Å². The summed E-state index contributed by atoms with van der Waals surface area (Å²) in [7, 11) is 0. The van der Waals surface area contributed by atoms with Gasteiger partial charge in [-0.2, -0.15) is 0 Å². The number of hydrogen-bond acceptors (Lipinski definition) is 5. The highest BCUT2D eigenvalue weighted by atomic mass is 32.1. The van der Waals surface area contributed by atoms with Crippen LogP contribution in [0.15, 0.2) is 35.0 Å². The van der Waals surface area contributed by atoms with Gasteiger partial charge in [-0.1, -0.05) is 12.1 Å². The van der Waals surface area contributed by atoms with Crippen LogP contribution in [0, 0.1) is 0 Å². The predicted octanol–water partition coefficient (Wildman–Crippen LogP) is 4.68. The SMILES string of the molecule is C[C@@H]1CCC[C@H](C)N1C(=O)COC(=O)/C(=C/c1cccs1)c1cccs1. The smallest absolute Gasteiger partial charge is 0.340 e. The van der Waals surface area contributed by atoms with Crippen molar-refractivity contribution in [1.82, 2.24) is 4.90 Å². The first kappa shape index (κ1) is 18.9. The van der Waals surface area contributed by atoms with Crippen molar-refractivity contribution >= 4 is 46.2 Å². The van der Waals surface area contributed by atoms with Gasteiger partial charge in [-0.15, -0.1) is 22.7 Å². The minimum absolute atomic E-state index is 0.111. The standard InChI is InChI=1S/C20H23NO3S2/c1-14-6-3-7-15(2)21(14)19(22)13-24-20(23)17(18-9-5-11-26-18)12-16-8-4-10-25-16/h4-5,8-12,14-15H,3,6-7,13H2,1-2H3/b17-12+/t14-,15+. The van der Waals surface area contributed by atoms with Crippen molar-refractivity contribution in [2.75, 3.05) is 6.61 Å². The Kier molecular flexibility index (Phi) is 6.27. The van der Waals surface area contributed by atoms with Crippen LogP contribution in [0.4, 0.5) is 0 Å². The Balaban J connectivity index is 1.69. The first-order chi connectivity index (χ1) is 12.6. The Bertz CT molecular complexity index is 755. The minimum atomic E-state index is -0.452. The summed E-state index contributed by atoms with van der Waals surface area (Å²) in [6.07, 6.45) is 4.97. The Morgan fingerprint density at radius 2 is 1.85 bits per heavy atom. The molecule has 0 saturated carbocycles. The highest BCUT2D eigenvalue weighted by Crippen LogP contribution is 2.26. The Morgan fingerprint density at radius 3 is 2.46 bits per heavy atom. The summed E-state index contributed by atoms with van der Waals surface area (Å²) in [5, 5.41) is 3.89. The molecule has 3 heterocycles. The number of rotatable bonds is 5. The van der Waals surface area contributed by atoms with Gasteiger partial charge >= 0.3 is 5.97 Å². The summed E-state index contributed by atoms with van der Waals surface area (Å²) < 4.78 is 5.40. The van der Waals surface area contributed by atoms with E-state index >= 15 is 0 Å². The summed E-state index contributed by atoms with van der Waals surface area (Å²) in [6.45, 7) is 3.91. The summed E-state index contributed by atoms with van der Waals surface area (Å²) in [6, 6.07) is 8.08. The number of thiophene rings is 2. The van der Waals surface area contributed by atoms with E-state index < -0.39 is 5.97 Å². The zero-order valence-corrected chi connectivity index (χ0v) is 16.6. The van der Waals surface area contributed by atoms with Crippen molar-refractivity contribution in [3.05, 3.63) is 44.8 Å². The van der Waals surface area contributed by atoms with Gasteiger partial charge in [0.15, 0.2) is 6.61 Å². The van der Waals surface area contributed by atoms with E-state index in [1.165, 1.54) is 11.3 Å². The molecule has 1 amide bonds. The molecule has 2 aromatic rings. The molecular weight excluding hydrogens is 366 g/mol. The number of piperidine rings is 1. The number of ether oxygens (including phenoxy) is 1. The van der Waals surface area contributed by atoms with Crippen molar-refractivity contribution < 1.29 is 14.3 Å². The molecule has 1 fully saturated rings. The lowest BCUT2D eigenvalue weighted by molar-refractivity contribution is -0.151. The van der Waals surface area contributed by atoms with Crippen LogP contribution in [0.25, 0.3) is 11.6 Å². The van der Waals surface area contributed by atoms with Gasteiger partial charge in [-0.3, -0.25) is 4.79 Å². The van der Waals surface area contributed by atoms with Crippen LogP contribution in [0.1, 0.15) is 42.9 Å². The van der Waals surface area contributed by atoms with Crippen LogP contribution in [-0.4, -0.2) is 35.5 Å². The lowest BCUT2D eigenvalue weighted by Crippen LogP contribution is -2.49. The van der Waals surface area contributed by atoms with E-state index in [1.54, 1.807) is 11.3 Å². The van der Waals surface area contributed by atoms with Crippen molar-refractivity contribution in [3.8, 4) is 0 Å². The van der Waals surface area contributed by atoms with Gasteiger partial charge in [0.2, 0.25) is 0 Å². The van der Waals surface area contributed by atoms with Crippen molar-refractivity contribution in [2.45, 2.75) is 45.2 Å². The number of amides is 1. The maximum Gasteiger partial charge on any atom is 0.340 e. The van der Waals surface area contributed by atoms with E-state index in [2.05, 4.69) is 13.8 Å². The molecule has 0 aromatic carbocycles. The number of carbonyl (C=O) groups excluding carboxylic acids is 2. The first-order valence-corrected chi connectivity index (χ1v) is 10.6. The lowest BCUT2D eigenvalue weighted by atomic mass is 9.97. The number of hydrogen-bond donors (Lipinski definition) is 0. The Labute approximate surface area is 162 Å². The molecule has 138 valence electrons. The second kappa shape index (κ2) is 8.64. The van der Waals surface area contributed by atoms with Crippen molar-refractivity contribution in [1.29, 1.82) is 0 Å². The van der Waals surface area contributed by atoms with Gasteiger partial charge in [0.25, 0.3) is 5.91 Å². The van der Waals surface area contributed by atoms with Crippen molar-refractivity contribution in [2.24, 2.45) is 0 Å². The zero-order valence-electron chi connectivity index (χ0n) is 15.0. The van der Waals surface area contributed by atoms with Crippen molar-refractivity contribution in [3.63, 3.8) is 0 Å². The van der Waals surface area contributed by atoms with E-state index in [0.717, 1.165) is 29.0 Å². The highest BCUT2D eigenvalue weighted by Gasteiger charge is 2.29. The quantitative estimate of drug-likeness (QED) is 0.551. The van der Waals surface area contributed by atoms with E-state index in [1.807, 2.05) is 46.0 Å². The number of likely N-dealkylation sites (tertiary alicyclic amines) is 1. The van der Waals surface area contributed by atoms with Gasteiger partial charge < -0.3 is 9.64 Å². The predicted molar refractivity (Wildman–Crippen MR) is 107 cm³/mol. The minimum Gasteiger partial charge on any atom is -0.452 e. The summed E-state index contributed by atoms with van der Waals surface area (Å²) >= 11 is 3.04. The average molecular weight is 390 g/mol. The van der Waals surface area contributed by atoms with Crippen LogP contribution >= 0.6 is 22.7 Å². The average Bonchev–Trinajstić information content (AvgIpc) is 3.31. The second-order valence-corrected chi connectivity index (χ2v) is 8.48. The molecule has 0 bridgehead atoms. The molecule has 6 heteroatoms. The largest absolute Gasteiger partial charge is 0.452 e. The zero-order chi connectivity index (χ0) is 18.5. The summed E-state index contributed by atoms with van der Waals surface area (Å²) in [5.41, 5.74) is 0.495. The molecule has 0 radical (unpaired) electrons. The fourth-order valence-electron chi connectivity index (χ4n) is 3.37. The maximum absolute atomic E-state index is 12.7. The third kappa shape index (κ3) is 4.43. The fraction of sp³-hybridized carbons (Fsp3) is 0.400. The topological polar surface area (TPSA) is 46.6 Å². The molecule has 2 atom stereocenters. The monoisotopic (exact) mass is 389 g/mol. The normalized spacial score (nSPS) is 20.8. The molecule has 1 aliphatic heterocycles. The van der Waals surface area contributed by atoms with Gasteiger partial charge in [0, 0.05) is 21.8 Å². The number of nitrogens with zero attached hydrogens (tertiary/aromatic N) is 1. The van der Waals surface area contributed by atoms with E-state index in [9.17, 15) is 9.59 Å². The molecule has 0 N–H and O–H groups in total. The first-order valence-electron chi connectivity index (χ1n) is 8.83. The molecule has 26 heavy (non-hydrogen) atoms. The summed E-state index contributed by atoms with van der Waals surface area (Å²) in [4.78, 5) is 28.9.